The first-order valence-electron chi connectivity index (χ1n) is 11.3. The first-order chi connectivity index (χ1) is 13.9. The Morgan fingerprint density at radius 3 is 2.79 bits per heavy atom. The van der Waals surface area contributed by atoms with E-state index in [0.717, 1.165) is 58.3 Å². The molecule has 0 aliphatic carbocycles. The van der Waals surface area contributed by atoms with E-state index in [-0.39, 0.29) is 30.1 Å². The van der Waals surface area contributed by atoms with Gasteiger partial charge in [-0.05, 0) is 25.7 Å². The number of carbonyl (C=O) groups is 1. The molecule has 7 atom stereocenters. The lowest BCUT2D eigenvalue weighted by molar-refractivity contribution is -0.541. The van der Waals surface area contributed by atoms with E-state index in [1.807, 2.05) is 6.92 Å². The second kappa shape index (κ2) is 9.16. The molecule has 5 rings (SSSR count). The summed E-state index contributed by atoms with van der Waals surface area (Å²) in [5, 5.41) is 6.44. The Balaban J connectivity index is 1.45. The number of rotatable bonds is 3. The third-order valence-corrected chi connectivity index (χ3v) is 7.03. The average Bonchev–Trinajstić information content (AvgIpc) is 2.72. The van der Waals surface area contributed by atoms with Gasteiger partial charge in [0.15, 0.2) is 6.29 Å². The first-order valence-corrected chi connectivity index (χ1v) is 11.3. The Kier molecular flexibility index (Phi) is 6.78. The molecule has 8 nitrogen and oxygen atoms in total. The quantitative estimate of drug-likeness (QED) is 0.683. The highest BCUT2D eigenvalue weighted by Gasteiger charge is 2.52. The lowest BCUT2D eigenvalue weighted by atomic mass is 9.79. The summed E-state index contributed by atoms with van der Waals surface area (Å²) in [5.74, 6) is 0.196. The molecule has 2 N–H and O–H groups in total. The average molecular weight is 412 g/mol. The molecule has 1 amide bonds. The Morgan fingerprint density at radius 1 is 1.21 bits per heavy atom. The Bertz CT molecular complexity index is 573. The van der Waals surface area contributed by atoms with Gasteiger partial charge in [0.2, 0.25) is 11.7 Å². The van der Waals surface area contributed by atoms with Crippen LogP contribution in [0.2, 0.25) is 0 Å². The van der Waals surface area contributed by atoms with Crippen molar-refractivity contribution in [2.24, 2.45) is 17.8 Å². The number of piperazine rings is 1. The molecular formula is C21H37N3O5. The maximum absolute atomic E-state index is 12.7. The summed E-state index contributed by atoms with van der Waals surface area (Å²) in [6.45, 7) is 10.4. The van der Waals surface area contributed by atoms with Gasteiger partial charge in [-0.2, -0.15) is 0 Å². The Hall–Kier alpha value is -0.770. The number of hydrogen-bond acceptors (Lipinski definition) is 7. The summed E-state index contributed by atoms with van der Waals surface area (Å²) < 4.78 is 12.5. The summed E-state index contributed by atoms with van der Waals surface area (Å²) in [4.78, 5) is 26.4. The molecule has 7 unspecified atom stereocenters. The van der Waals surface area contributed by atoms with E-state index < -0.39 is 12.1 Å². The van der Waals surface area contributed by atoms with Crippen molar-refractivity contribution in [1.29, 1.82) is 0 Å². The molecule has 166 valence electrons. The lowest BCUT2D eigenvalue weighted by Gasteiger charge is -2.50. The van der Waals surface area contributed by atoms with Crippen LogP contribution in [0, 0.1) is 17.8 Å². The summed E-state index contributed by atoms with van der Waals surface area (Å²) in [6.07, 6.45) is 3.95. The van der Waals surface area contributed by atoms with Crippen LogP contribution in [0.25, 0.3) is 0 Å². The largest absolute Gasteiger partial charge is 0.329 e. The van der Waals surface area contributed by atoms with Crippen LogP contribution < -0.4 is 10.6 Å². The van der Waals surface area contributed by atoms with Crippen molar-refractivity contribution in [3.8, 4) is 0 Å². The van der Waals surface area contributed by atoms with Crippen molar-refractivity contribution in [2.45, 2.75) is 77.3 Å². The van der Waals surface area contributed by atoms with Gasteiger partial charge in [-0.3, -0.25) is 9.69 Å². The zero-order valence-electron chi connectivity index (χ0n) is 18.0. The molecule has 0 spiro atoms. The van der Waals surface area contributed by atoms with Crippen LogP contribution in [-0.4, -0.2) is 67.9 Å². The minimum Gasteiger partial charge on any atom is -0.329 e. The highest BCUT2D eigenvalue weighted by molar-refractivity contribution is 5.78. The van der Waals surface area contributed by atoms with Crippen molar-refractivity contribution in [2.75, 3.05) is 32.7 Å². The Labute approximate surface area is 173 Å². The van der Waals surface area contributed by atoms with Crippen LogP contribution in [-0.2, 0) is 24.0 Å². The van der Waals surface area contributed by atoms with Gasteiger partial charge in [-0.25, -0.2) is 9.78 Å². The predicted octanol–water partition coefficient (Wildman–Crippen LogP) is 1.61. The van der Waals surface area contributed by atoms with Gasteiger partial charge >= 0.3 is 0 Å². The van der Waals surface area contributed by atoms with E-state index in [0.29, 0.717) is 12.5 Å². The van der Waals surface area contributed by atoms with Gasteiger partial charge in [0.25, 0.3) is 0 Å². The minimum atomic E-state index is -0.800. The molecule has 5 aliphatic heterocycles. The van der Waals surface area contributed by atoms with Crippen molar-refractivity contribution in [3.05, 3.63) is 0 Å². The third-order valence-electron chi connectivity index (χ3n) is 7.03. The Morgan fingerprint density at radius 2 is 2.00 bits per heavy atom. The van der Waals surface area contributed by atoms with Crippen LogP contribution in [0.15, 0.2) is 0 Å². The number of amides is 1. The van der Waals surface area contributed by atoms with Gasteiger partial charge in [-0.15, -0.1) is 0 Å². The maximum Gasteiger partial charge on any atom is 0.236 e. The highest BCUT2D eigenvalue weighted by atomic mass is 17.3. The van der Waals surface area contributed by atoms with Crippen LogP contribution in [0.3, 0.4) is 0 Å². The summed E-state index contributed by atoms with van der Waals surface area (Å²) in [5.41, 5.74) is 0. The molecule has 0 radical (unpaired) electrons. The number of nitrogens with one attached hydrogen (secondary N) is 2. The van der Waals surface area contributed by atoms with E-state index in [1.54, 1.807) is 0 Å². The van der Waals surface area contributed by atoms with E-state index in [9.17, 15) is 4.79 Å². The van der Waals surface area contributed by atoms with Crippen molar-refractivity contribution >= 4 is 5.91 Å². The molecule has 5 saturated heterocycles. The SMILES string of the molecule is CC1CCCC2(C)OOC3C(OC(NC(=O)CN4CCNCC4)C(C)C3CC1)O2. The third kappa shape index (κ3) is 5.11. The van der Waals surface area contributed by atoms with Gasteiger partial charge in [0.1, 0.15) is 12.3 Å². The monoisotopic (exact) mass is 411 g/mol. The lowest BCUT2D eigenvalue weighted by Crippen LogP contribution is -2.62. The standard InChI is InChI=1S/C21H37N3O5/c1-14-5-4-8-21(3)27-20-18(28-29-21)16(7-6-14)15(2)19(26-20)23-17(25)13-24-11-9-22-10-12-24/h14-16,18-20,22H,4-13H2,1-3H3,(H,23,25). The molecule has 5 aliphatic rings. The van der Waals surface area contributed by atoms with Crippen molar-refractivity contribution in [1.82, 2.24) is 15.5 Å². The second-order valence-electron chi connectivity index (χ2n) is 9.51. The van der Waals surface area contributed by atoms with E-state index in [2.05, 4.69) is 29.4 Å². The fourth-order valence-corrected chi connectivity index (χ4v) is 5.07. The molecule has 0 aromatic heterocycles. The molecule has 0 aromatic rings. The van der Waals surface area contributed by atoms with Crippen LogP contribution in [0.5, 0.6) is 0 Å². The number of hydrogen-bond donors (Lipinski definition) is 2. The van der Waals surface area contributed by atoms with E-state index >= 15 is 0 Å². The number of carbonyl (C=O) groups excluding carboxylic acids is 1. The molecular weight excluding hydrogens is 374 g/mol. The smallest absolute Gasteiger partial charge is 0.236 e. The van der Waals surface area contributed by atoms with Crippen molar-refractivity contribution < 1.29 is 24.0 Å². The first kappa shape index (κ1) is 21.5. The number of nitrogens with zero attached hydrogens (tertiary/aromatic N) is 1. The second-order valence-corrected chi connectivity index (χ2v) is 9.51. The normalized spacial score (nSPS) is 44.1. The molecule has 5 heterocycles. The molecule has 0 aromatic carbocycles. The van der Waals surface area contributed by atoms with Crippen LogP contribution >= 0.6 is 0 Å². The molecule has 29 heavy (non-hydrogen) atoms. The van der Waals surface area contributed by atoms with E-state index in [1.165, 1.54) is 0 Å². The van der Waals surface area contributed by atoms with Crippen LogP contribution in [0.4, 0.5) is 0 Å². The molecule has 0 saturated carbocycles. The topological polar surface area (TPSA) is 81.3 Å². The fraction of sp³-hybridized carbons (Fsp3) is 0.952. The fourth-order valence-electron chi connectivity index (χ4n) is 5.07. The minimum absolute atomic E-state index is 0.00868. The number of ether oxygens (including phenoxy) is 2. The summed E-state index contributed by atoms with van der Waals surface area (Å²) >= 11 is 0. The molecule has 4 bridgehead atoms. The highest BCUT2D eigenvalue weighted by Crippen LogP contribution is 2.43. The van der Waals surface area contributed by atoms with Gasteiger partial charge in [0.05, 0.1) is 6.54 Å². The van der Waals surface area contributed by atoms with Gasteiger partial charge in [0, 0.05) is 44.4 Å². The summed E-state index contributed by atoms with van der Waals surface area (Å²) in [7, 11) is 0. The molecule has 8 heteroatoms. The number of fused-ring (bicyclic) bond motifs is 6. The zero-order chi connectivity index (χ0) is 20.4. The van der Waals surface area contributed by atoms with Crippen molar-refractivity contribution in [3.63, 3.8) is 0 Å². The maximum atomic E-state index is 12.7. The molecule has 5 fully saturated rings. The van der Waals surface area contributed by atoms with E-state index in [4.69, 9.17) is 19.2 Å². The summed E-state index contributed by atoms with van der Waals surface area (Å²) in [6, 6.07) is 0. The van der Waals surface area contributed by atoms with Gasteiger partial charge in [-0.1, -0.05) is 26.7 Å². The zero-order valence-corrected chi connectivity index (χ0v) is 18.0. The van der Waals surface area contributed by atoms with Gasteiger partial charge < -0.3 is 20.1 Å². The van der Waals surface area contributed by atoms with Crippen LogP contribution in [0.1, 0.15) is 52.9 Å². The predicted molar refractivity (Wildman–Crippen MR) is 106 cm³/mol.